The lowest BCUT2D eigenvalue weighted by atomic mass is 9.61. The molecule has 3 aliphatic carbocycles. The van der Waals surface area contributed by atoms with Crippen LogP contribution in [-0.2, 0) is 17.4 Å². The zero-order chi connectivity index (χ0) is 39.4. The minimum Gasteiger partial charge on any atom is -0.481 e. The minimum atomic E-state index is -1.06. The van der Waals surface area contributed by atoms with Gasteiger partial charge in [0.15, 0.2) is 23.0 Å². The Morgan fingerprint density at radius 3 is 2.02 bits per heavy atom. The Hall–Kier alpha value is -6.88. The molecule has 3 fully saturated rings. The van der Waals surface area contributed by atoms with E-state index in [0.717, 1.165) is 48.1 Å². The summed E-state index contributed by atoms with van der Waals surface area (Å²) in [6.07, 6.45) is 6.88. The summed E-state index contributed by atoms with van der Waals surface area (Å²) in [5.74, 6) is 0.186. The van der Waals surface area contributed by atoms with Crippen LogP contribution in [0.4, 0.5) is 10.2 Å². The first-order valence-electron chi connectivity index (χ1n) is 19.7. The molecule has 3 saturated carbocycles. The van der Waals surface area contributed by atoms with Crippen LogP contribution in [0.2, 0.25) is 0 Å². The first-order chi connectivity index (χ1) is 28.4. The highest BCUT2D eigenvalue weighted by atomic mass is 19.1. The van der Waals surface area contributed by atoms with Crippen molar-refractivity contribution in [2.45, 2.75) is 37.3 Å². The van der Waals surface area contributed by atoms with Gasteiger partial charge in [-0.2, -0.15) is 5.10 Å². The number of pyridine rings is 1. The van der Waals surface area contributed by atoms with Gasteiger partial charge < -0.3 is 19.4 Å². The first kappa shape index (κ1) is 35.5. The number of aromatic nitrogens is 6. The molecular weight excluding hydrogens is 730 g/mol. The Morgan fingerprint density at radius 1 is 0.793 bits per heavy atom. The number of carboxylic acid groups (broad SMARTS) is 1. The van der Waals surface area contributed by atoms with Crippen molar-refractivity contribution in [2.24, 2.45) is 24.8 Å². The van der Waals surface area contributed by atoms with E-state index in [1.54, 1.807) is 6.07 Å². The minimum absolute atomic E-state index is 0.0921. The number of rotatable bonds is 10. The second-order valence-corrected chi connectivity index (χ2v) is 15.4. The number of nitrogens with zero attached hydrogens (tertiary/aromatic N) is 6. The van der Waals surface area contributed by atoms with Gasteiger partial charge in [-0.3, -0.25) is 4.79 Å². The molecule has 11 heteroatoms. The summed E-state index contributed by atoms with van der Waals surface area (Å²) in [6.45, 7) is 0. The maximum Gasteiger partial charge on any atom is 0.308 e. The second-order valence-electron chi connectivity index (χ2n) is 15.4. The summed E-state index contributed by atoms with van der Waals surface area (Å²) in [5, 5.41) is 19.8. The number of halogens is 1. The normalized spacial score (nSPS) is 19.1. The lowest BCUT2D eigenvalue weighted by molar-refractivity contribution is -0.148. The second kappa shape index (κ2) is 14.3. The molecule has 2 atom stereocenters. The van der Waals surface area contributed by atoms with E-state index < -0.39 is 23.2 Å². The van der Waals surface area contributed by atoms with Crippen LogP contribution in [-0.4, -0.2) is 46.4 Å². The molecular formula is C47H40FN7O3. The molecule has 3 aliphatic rings. The number of benzene rings is 3. The van der Waals surface area contributed by atoms with Crippen LogP contribution in [0.3, 0.4) is 0 Å². The highest BCUT2D eigenvalue weighted by molar-refractivity contribution is 5.90. The van der Waals surface area contributed by atoms with Crippen LogP contribution < -0.4 is 5.32 Å². The lowest BCUT2D eigenvalue weighted by Gasteiger charge is -2.47. The molecule has 11 rings (SSSR count). The van der Waals surface area contributed by atoms with Gasteiger partial charge in [-0.05, 0) is 84.5 Å². The topological polar surface area (TPSA) is 124 Å². The van der Waals surface area contributed by atoms with E-state index in [1.807, 2.05) is 101 Å². The van der Waals surface area contributed by atoms with Gasteiger partial charge in [-0.15, -0.1) is 0 Å². The van der Waals surface area contributed by atoms with E-state index in [2.05, 4.69) is 41.7 Å². The smallest absolute Gasteiger partial charge is 0.308 e. The van der Waals surface area contributed by atoms with Gasteiger partial charge in [0, 0.05) is 25.4 Å². The largest absolute Gasteiger partial charge is 0.481 e. The summed E-state index contributed by atoms with van der Waals surface area (Å²) < 4.78 is 25.8. The van der Waals surface area contributed by atoms with Crippen LogP contribution in [0, 0.1) is 23.6 Å². The van der Waals surface area contributed by atoms with Crippen LogP contribution in [0.1, 0.15) is 42.4 Å². The zero-order valence-electron chi connectivity index (χ0n) is 31.7. The molecule has 0 spiro atoms. The summed E-state index contributed by atoms with van der Waals surface area (Å²) in [5.41, 5.74) is 3.79. The van der Waals surface area contributed by atoms with Crippen molar-refractivity contribution in [3.05, 3.63) is 162 Å². The molecule has 5 aromatic heterocycles. The number of aliphatic carboxylic acids is 1. The first-order valence-corrected chi connectivity index (χ1v) is 19.7. The van der Waals surface area contributed by atoms with E-state index in [4.69, 9.17) is 24.5 Å². The third-order valence-electron chi connectivity index (χ3n) is 12.2. The number of carbonyl (C=O) groups is 1. The number of hydrogen-bond acceptors (Lipinski definition) is 7. The Labute approximate surface area is 334 Å². The number of hydrogen-bond donors (Lipinski definition) is 2. The van der Waals surface area contributed by atoms with Crippen LogP contribution >= 0.6 is 0 Å². The summed E-state index contributed by atoms with van der Waals surface area (Å²) >= 11 is 0. The molecule has 58 heavy (non-hydrogen) atoms. The fourth-order valence-electron chi connectivity index (χ4n) is 9.55. The summed E-state index contributed by atoms with van der Waals surface area (Å²) in [7, 11) is 1.95. The molecule has 0 saturated heterocycles. The quantitative estimate of drug-likeness (QED) is 0.132. The van der Waals surface area contributed by atoms with Gasteiger partial charge in [-0.25, -0.2) is 24.0 Å². The van der Waals surface area contributed by atoms with E-state index >= 15 is 4.39 Å². The van der Waals surface area contributed by atoms with Crippen molar-refractivity contribution in [1.29, 1.82) is 0 Å². The third kappa shape index (κ3) is 5.88. The fraction of sp³-hybridized carbons (Fsp3) is 0.213. The van der Waals surface area contributed by atoms with E-state index in [1.165, 1.54) is 12.3 Å². The molecule has 2 N–H and O–H groups in total. The molecule has 0 aliphatic heterocycles. The molecule has 10 nitrogen and oxygen atoms in total. The van der Waals surface area contributed by atoms with Crippen molar-refractivity contribution in [2.75, 3.05) is 5.32 Å². The average Bonchev–Trinajstić information content (AvgIpc) is 4.02. The van der Waals surface area contributed by atoms with Crippen molar-refractivity contribution in [3.8, 4) is 34.4 Å². The Bertz CT molecular complexity index is 2660. The Kier molecular flexibility index (Phi) is 8.73. The standard InChI is InChI=1S/C47H40FN7O3/c1-54-25-11-18-37(54)39-24-23-38(58-39)36-27-40(51-42-30-21-19-29(20-22-30)41(42)46(56)57)52-44(50-36)43-35-26-34(48)28-49-45(35)55(53-43)47(31-12-5-2-6-13-31,32-14-7-3-8-15-32)33-16-9-4-10-17-33/h2-18,23-30,41-42H,19-22H2,1H3,(H,56,57)(H,50,51,52). The number of carboxylic acids is 1. The zero-order valence-corrected chi connectivity index (χ0v) is 31.7. The van der Waals surface area contributed by atoms with E-state index in [-0.39, 0.29) is 23.7 Å². The maximum atomic E-state index is 15.5. The Morgan fingerprint density at radius 2 is 1.41 bits per heavy atom. The predicted octanol–water partition coefficient (Wildman–Crippen LogP) is 9.43. The van der Waals surface area contributed by atoms with Gasteiger partial charge >= 0.3 is 5.97 Å². The fourth-order valence-corrected chi connectivity index (χ4v) is 9.55. The Balaban J connectivity index is 1.22. The van der Waals surface area contributed by atoms with Crippen LogP contribution in [0.5, 0.6) is 0 Å². The molecule has 0 radical (unpaired) electrons. The lowest BCUT2D eigenvalue weighted by Crippen LogP contribution is -2.51. The molecule has 3 aromatic carbocycles. The molecule has 5 heterocycles. The number of furan rings is 1. The van der Waals surface area contributed by atoms with Crippen molar-refractivity contribution < 1.29 is 18.7 Å². The van der Waals surface area contributed by atoms with Crippen molar-refractivity contribution in [3.63, 3.8) is 0 Å². The van der Waals surface area contributed by atoms with E-state index in [0.29, 0.717) is 39.8 Å². The molecule has 8 aromatic rings. The number of nitrogens with one attached hydrogen (secondary N) is 1. The maximum absolute atomic E-state index is 15.5. The van der Waals surface area contributed by atoms with Crippen molar-refractivity contribution >= 4 is 22.8 Å². The third-order valence-corrected chi connectivity index (χ3v) is 12.2. The van der Waals surface area contributed by atoms with Gasteiger partial charge in [-0.1, -0.05) is 91.0 Å². The number of aryl methyl sites for hydroxylation is 1. The van der Waals surface area contributed by atoms with Gasteiger partial charge in [0.1, 0.15) is 28.6 Å². The summed E-state index contributed by atoms with van der Waals surface area (Å²) in [4.78, 5) is 27.6. The number of fused-ring (bicyclic) bond motifs is 4. The predicted molar refractivity (Wildman–Crippen MR) is 219 cm³/mol. The average molecular weight is 770 g/mol. The van der Waals surface area contributed by atoms with Crippen LogP contribution in [0.15, 0.2) is 144 Å². The highest BCUT2D eigenvalue weighted by Crippen LogP contribution is 2.47. The molecule has 0 amide bonds. The summed E-state index contributed by atoms with van der Waals surface area (Å²) in [6, 6.07) is 40.9. The SMILES string of the molecule is Cn1cccc1-c1ccc(-c2cc(NC3C4CCC(CC4)C3C(=O)O)nc(-c3nn(C(c4ccccc4)(c4ccccc4)c4ccccc4)c4ncc(F)cc34)n2)o1. The van der Waals surface area contributed by atoms with E-state index in [9.17, 15) is 9.90 Å². The molecule has 2 unspecified atom stereocenters. The molecule has 2 bridgehead atoms. The van der Waals surface area contributed by atoms with Gasteiger partial charge in [0.25, 0.3) is 0 Å². The van der Waals surface area contributed by atoms with Gasteiger partial charge in [0.2, 0.25) is 0 Å². The number of anilines is 1. The van der Waals surface area contributed by atoms with Crippen molar-refractivity contribution in [1.82, 2.24) is 29.3 Å². The van der Waals surface area contributed by atoms with Gasteiger partial charge in [0.05, 0.1) is 23.2 Å². The monoisotopic (exact) mass is 769 g/mol. The highest BCUT2D eigenvalue weighted by Gasteiger charge is 2.48. The van der Waals surface area contributed by atoms with Crippen LogP contribution in [0.25, 0.3) is 45.5 Å². The molecule has 288 valence electrons.